The van der Waals surface area contributed by atoms with Crippen LogP contribution in [0.25, 0.3) is 11.1 Å². The number of halogens is 5. The van der Waals surface area contributed by atoms with Crippen LogP contribution in [0.15, 0.2) is 36.4 Å². The predicted molar refractivity (Wildman–Crippen MR) is 67.2 cm³/mol. The van der Waals surface area contributed by atoms with E-state index in [1.165, 1.54) is 18.2 Å². The van der Waals surface area contributed by atoms with Crippen LogP contribution in [0.4, 0.5) is 17.6 Å². The third-order valence-electron chi connectivity index (χ3n) is 2.73. The molecule has 0 bridgehead atoms. The van der Waals surface area contributed by atoms with Gasteiger partial charge in [-0.1, -0.05) is 23.7 Å². The fourth-order valence-corrected chi connectivity index (χ4v) is 1.90. The summed E-state index contributed by atoms with van der Waals surface area (Å²) >= 11 is 5.75. The van der Waals surface area contributed by atoms with Crippen molar-refractivity contribution in [3.63, 3.8) is 0 Å². The first-order valence-corrected chi connectivity index (χ1v) is 5.82. The number of hydrogen-bond acceptors (Lipinski definition) is 1. The molecule has 0 spiro atoms. The van der Waals surface area contributed by atoms with Gasteiger partial charge < -0.3 is 0 Å². The van der Waals surface area contributed by atoms with Gasteiger partial charge in [-0.3, -0.25) is 4.79 Å². The van der Waals surface area contributed by atoms with E-state index < -0.39 is 17.6 Å². The van der Waals surface area contributed by atoms with Crippen LogP contribution in [-0.2, 0) is 6.18 Å². The highest BCUT2D eigenvalue weighted by molar-refractivity contribution is 6.33. The Kier molecular flexibility index (Phi) is 3.81. The van der Waals surface area contributed by atoms with E-state index in [4.69, 9.17) is 11.6 Å². The van der Waals surface area contributed by atoms with Gasteiger partial charge in [-0.05, 0) is 35.4 Å². The van der Waals surface area contributed by atoms with E-state index in [0.29, 0.717) is 17.9 Å². The van der Waals surface area contributed by atoms with Crippen molar-refractivity contribution in [1.82, 2.24) is 0 Å². The molecule has 104 valence electrons. The number of aldehydes is 1. The molecule has 0 heterocycles. The molecule has 0 unspecified atom stereocenters. The monoisotopic (exact) mass is 302 g/mol. The molecule has 0 aliphatic heterocycles. The second-order valence-electron chi connectivity index (χ2n) is 4.05. The Morgan fingerprint density at radius 1 is 1.00 bits per heavy atom. The lowest BCUT2D eigenvalue weighted by molar-refractivity contribution is -0.139. The molecule has 0 aliphatic carbocycles. The molecule has 6 heteroatoms. The lowest BCUT2D eigenvalue weighted by Gasteiger charge is -2.10. The van der Waals surface area contributed by atoms with Crippen molar-refractivity contribution in [2.24, 2.45) is 0 Å². The van der Waals surface area contributed by atoms with E-state index in [0.717, 1.165) is 12.1 Å². The zero-order valence-electron chi connectivity index (χ0n) is 9.84. The highest BCUT2D eigenvalue weighted by Crippen LogP contribution is 2.34. The number of hydrogen-bond donors (Lipinski definition) is 0. The molecule has 2 aromatic carbocycles. The molecule has 0 amide bonds. The summed E-state index contributed by atoms with van der Waals surface area (Å²) < 4.78 is 50.8. The standard InChI is InChI=1S/C14H7ClF4O/c15-12-4-2-8(5-10(12)7-20)9-1-3-11(13(16)6-9)14(17,18)19/h1-7H. The largest absolute Gasteiger partial charge is 0.419 e. The van der Waals surface area contributed by atoms with Gasteiger partial charge >= 0.3 is 6.18 Å². The van der Waals surface area contributed by atoms with Crippen LogP contribution < -0.4 is 0 Å². The quantitative estimate of drug-likeness (QED) is 0.565. The van der Waals surface area contributed by atoms with E-state index in [1.54, 1.807) is 0 Å². The average molecular weight is 303 g/mol. The van der Waals surface area contributed by atoms with Crippen LogP contribution in [0.5, 0.6) is 0 Å². The lowest BCUT2D eigenvalue weighted by Crippen LogP contribution is -2.07. The van der Waals surface area contributed by atoms with Gasteiger partial charge in [0.25, 0.3) is 0 Å². The molecule has 0 aliphatic rings. The molecule has 0 fully saturated rings. The van der Waals surface area contributed by atoms with Gasteiger partial charge in [0.15, 0.2) is 6.29 Å². The summed E-state index contributed by atoms with van der Waals surface area (Å²) in [5, 5.41) is 0.219. The molecule has 0 saturated carbocycles. The van der Waals surface area contributed by atoms with E-state index in [1.807, 2.05) is 0 Å². The van der Waals surface area contributed by atoms with Crippen molar-refractivity contribution in [3.8, 4) is 11.1 Å². The Morgan fingerprint density at radius 3 is 2.15 bits per heavy atom. The molecule has 0 N–H and O–H groups in total. The summed E-state index contributed by atoms with van der Waals surface area (Å²) in [4.78, 5) is 10.8. The van der Waals surface area contributed by atoms with Gasteiger partial charge in [-0.25, -0.2) is 4.39 Å². The highest BCUT2D eigenvalue weighted by atomic mass is 35.5. The maximum Gasteiger partial charge on any atom is 0.419 e. The van der Waals surface area contributed by atoms with Crippen LogP contribution >= 0.6 is 11.6 Å². The maximum atomic E-state index is 13.5. The van der Waals surface area contributed by atoms with Crippen LogP contribution in [0.1, 0.15) is 15.9 Å². The minimum atomic E-state index is -4.74. The molecular formula is C14H7ClF4O. The Hall–Kier alpha value is -1.88. The second kappa shape index (κ2) is 5.25. The predicted octanol–water partition coefficient (Wildman–Crippen LogP) is 4.98. The number of alkyl halides is 3. The minimum Gasteiger partial charge on any atom is -0.298 e. The number of carbonyl (C=O) groups excluding carboxylic acids is 1. The van der Waals surface area contributed by atoms with E-state index in [-0.39, 0.29) is 16.1 Å². The molecule has 0 radical (unpaired) electrons. The van der Waals surface area contributed by atoms with Crippen LogP contribution in [0, 0.1) is 5.82 Å². The topological polar surface area (TPSA) is 17.1 Å². The van der Waals surface area contributed by atoms with Crippen molar-refractivity contribution >= 4 is 17.9 Å². The number of carbonyl (C=O) groups is 1. The third-order valence-corrected chi connectivity index (χ3v) is 3.07. The van der Waals surface area contributed by atoms with Gasteiger partial charge in [0.1, 0.15) is 5.82 Å². The average Bonchev–Trinajstić information content (AvgIpc) is 2.37. The SMILES string of the molecule is O=Cc1cc(-c2ccc(C(F)(F)F)c(F)c2)ccc1Cl. The van der Waals surface area contributed by atoms with Crippen LogP contribution in [0.2, 0.25) is 5.02 Å². The van der Waals surface area contributed by atoms with Crippen molar-refractivity contribution < 1.29 is 22.4 Å². The summed E-state index contributed by atoms with van der Waals surface area (Å²) in [6.07, 6.45) is -4.22. The summed E-state index contributed by atoms with van der Waals surface area (Å²) in [7, 11) is 0. The molecule has 2 rings (SSSR count). The van der Waals surface area contributed by atoms with Gasteiger partial charge in [-0.2, -0.15) is 13.2 Å². The number of rotatable bonds is 2. The zero-order chi connectivity index (χ0) is 14.9. The second-order valence-corrected chi connectivity index (χ2v) is 4.45. The Bertz CT molecular complexity index is 665. The smallest absolute Gasteiger partial charge is 0.298 e. The van der Waals surface area contributed by atoms with E-state index >= 15 is 0 Å². The minimum absolute atomic E-state index is 0.185. The molecular weight excluding hydrogens is 296 g/mol. The summed E-state index contributed by atoms with van der Waals surface area (Å²) in [5.41, 5.74) is -0.505. The first-order valence-electron chi connectivity index (χ1n) is 5.45. The molecule has 0 atom stereocenters. The molecule has 20 heavy (non-hydrogen) atoms. The highest BCUT2D eigenvalue weighted by Gasteiger charge is 2.33. The van der Waals surface area contributed by atoms with Crippen molar-refractivity contribution in [3.05, 3.63) is 58.4 Å². The van der Waals surface area contributed by atoms with Crippen molar-refractivity contribution in [2.75, 3.05) is 0 Å². The fraction of sp³-hybridized carbons (Fsp3) is 0.0714. The normalized spacial score (nSPS) is 11.4. The fourth-order valence-electron chi connectivity index (χ4n) is 1.74. The van der Waals surface area contributed by atoms with Crippen LogP contribution in [-0.4, -0.2) is 6.29 Å². The van der Waals surface area contributed by atoms with E-state index in [2.05, 4.69) is 0 Å². The lowest BCUT2D eigenvalue weighted by atomic mass is 10.0. The van der Waals surface area contributed by atoms with Crippen molar-refractivity contribution in [2.45, 2.75) is 6.18 Å². The first kappa shape index (κ1) is 14.5. The molecule has 0 aromatic heterocycles. The van der Waals surface area contributed by atoms with Gasteiger partial charge in [0.2, 0.25) is 0 Å². The van der Waals surface area contributed by atoms with Gasteiger partial charge in [0, 0.05) is 5.56 Å². The zero-order valence-corrected chi connectivity index (χ0v) is 10.6. The Morgan fingerprint density at radius 2 is 1.60 bits per heavy atom. The summed E-state index contributed by atoms with van der Waals surface area (Å²) in [5.74, 6) is -1.36. The maximum absolute atomic E-state index is 13.5. The summed E-state index contributed by atoms with van der Waals surface area (Å²) in [6, 6.07) is 6.90. The molecule has 0 saturated heterocycles. The molecule has 1 nitrogen and oxygen atoms in total. The Labute approximate surface area is 116 Å². The number of benzene rings is 2. The van der Waals surface area contributed by atoms with Crippen molar-refractivity contribution in [1.29, 1.82) is 0 Å². The van der Waals surface area contributed by atoms with Gasteiger partial charge in [-0.15, -0.1) is 0 Å². The van der Waals surface area contributed by atoms with Gasteiger partial charge in [0.05, 0.1) is 10.6 Å². The first-order chi connectivity index (χ1) is 9.32. The molecule has 2 aromatic rings. The Balaban J connectivity index is 2.49. The summed E-state index contributed by atoms with van der Waals surface area (Å²) in [6.45, 7) is 0. The van der Waals surface area contributed by atoms with Crippen LogP contribution in [0.3, 0.4) is 0 Å². The third kappa shape index (κ3) is 2.82. The van der Waals surface area contributed by atoms with E-state index in [9.17, 15) is 22.4 Å².